The summed E-state index contributed by atoms with van der Waals surface area (Å²) in [6.45, 7) is 2.01. The molecule has 4 rings (SSSR count). The van der Waals surface area contributed by atoms with Gasteiger partial charge in [0.25, 0.3) is 0 Å². The molecule has 3 aliphatic rings. The number of benzene rings is 1. The maximum atomic E-state index is 13.2. The van der Waals surface area contributed by atoms with E-state index < -0.39 is 5.91 Å². The highest BCUT2D eigenvalue weighted by Crippen LogP contribution is 2.31. The van der Waals surface area contributed by atoms with E-state index in [9.17, 15) is 9.59 Å². The molecule has 0 bridgehead atoms. The number of aryl methyl sites for hydroxylation is 1. The van der Waals surface area contributed by atoms with Crippen LogP contribution in [0, 0.1) is 5.92 Å². The van der Waals surface area contributed by atoms with E-state index in [0.717, 1.165) is 57.2 Å². The number of ketones is 1. The number of carbonyl (C=O) groups excluding carboxylic acids is 2. The van der Waals surface area contributed by atoms with Crippen molar-refractivity contribution in [3.05, 3.63) is 34.4 Å². The zero-order chi connectivity index (χ0) is 18.1. The predicted molar refractivity (Wildman–Crippen MR) is 102 cm³/mol. The van der Waals surface area contributed by atoms with Crippen LogP contribution in [0.5, 0.6) is 0 Å². The summed E-state index contributed by atoms with van der Waals surface area (Å²) in [7, 11) is 0. The molecule has 1 aromatic rings. The Hall–Kier alpha value is -1.68. The van der Waals surface area contributed by atoms with Crippen molar-refractivity contribution in [3.63, 3.8) is 0 Å². The Morgan fingerprint density at radius 2 is 1.73 bits per heavy atom. The largest absolute Gasteiger partial charge is 0.366 e. The van der Waals surface area contributed by atoms with Crippen LogP contribution in [0.25, 0.3) is 0 Å². The topological polar surface area (TPSA) is 63.4 Å². The van der Waals surface area contributed by atoms with Gasteiger partial charge < -0.3 is 5.73 Å². The van der Waals surface area contributed by atoms with Crippen molar-refractivity contribution in [2.75, 3.05) is 13.1 Å². The number of nitrogens with zero attached hydrogens (tertiary/aromatic N) is 1. The molecule has 2 N–H and O–H groups in total. The summed E-state index contributed by atoms with van der Waals surface area (Å²) in [5, 5.41) is 0. The molecule has 26 heavy (non-hydrogen) atoms. The minimum Gasteiger partial charge on any atom is -0.366 e. The Morgan fingerprint density at radius 3 is 2.50 bits per heavy atom. The Morgan fingerprint density at radius 1 is 0.962 bits per heavy atom. The summed E-state index contributed by atoms with van der Waals surface area (Å²) in [4.78, 5) is 27.7. The molecule has 1 amide bonds. The molecule has 4 heteroatoms. The Labute approximate surface area is 156 Å². The molecular weight excluding hydrogens is 324 g/mol. The first-order chi connectivity index (χ1) is 12.6. The van der Waals surface area contributed by atoms with Gasteiger partial charge in [0, 0.05) is 29.6 Å². The lowest BCUT2D eigenvalue weighted by Crippen LogP contribution is -2.43. The first-order valence-electron chi connectivity index (χ1n) is 10.4. The molecule has 1 saturated carbocycles. The number of fused-ring (bicyclic) bond motifs is 1. The Balaban J connectivity index is 1.57. The monoisotopic (exact) mass is 354 g/mol. The number of rotatable bonds is 4. The number of Topliss-reactive ketones (excluding diaryl/α,β-unsaturated/α-hetero) is 1. The highest BCUT2D eigenvalue weighted by molar-refractivity contribution is 6.02. The van der Waals surface area contributed by atoms with Gasteiger partial charge in [-0.3, -0.25) is 14.5 Å². The lowest BCUT2D eigenvalue weighted by molar-refractivity contribution is 0.0757. The van der Waals surface area contributed by atoms with Crippen LogP contribution in [-0.2, 0) is 12.8 Å². The Bertz CT molecular complexity index is 706. The third-order valence-corrected chi connectivity index (χ3v) is 6.68. The first kappa shape index (κ1) is 17.7. The first-order valence-corrected chi connectivity index (χ1v) is 10.4. The predicted octanol–water partition coefficient (Wildman–Crippen LogP) is 3.50. The molecular formula is C22H30N2O2. The number of carbonyl (C=O) groups is 2. The smallest absolute Gasteiger partial charge is 0.249 e. The summed E-state index contributed by atoms with van der Waals surface area (Å²) in [6, 6.07) is 4.51. The second kappa shape index (κ2) is 7.51. The maximum absolute atomic E-state index is 13.2. The molecule has 4 nitrogen and oxygen atoms in total. The lowest BCUT2D eigenvalue weighted by atomic mass is 9.83. The summed E-state index contributed by atoms with van der Waals surface area (Å²) in [5.41, 5.74) is 9.16. The van der Waals surface area contributed by atoms with Crippen LogP contribution < -0.4 is 5.73 Å². The van der Waals surface area contributed by atoms with Crippen molar-refractivity contribution >= 4 is 11.7 Å². The zero-order valence-corrected chi connectivity index (χ0v) is 15.6. The average Bonchev–Trinajstić information content (AvgIpc) is 3.21. The molecule has 0 radical (unpaired) electrons. The van der Waals surface area contributed by atoms with Crippen LogP contribution in [0.15, 0.2) is 12.1 Å². The van der Waals surface area contributed by atoms with Gasteiger partial charge in [-0.05, 0) is 81.2 Å². The highest BCUT2D eigenvalue weighted by Gasteiger charge is 2.32. The van der Waals surface area contributed by atoms with Crippen LogP contribution in [-0.4, -0.2) is 35.7 Å². The Kier molecular flexibility index (Phi) is 5.12. The summed E-state index contributed by atoms with van der Waals surface area (Å²) < 4.78 is 0. The van der Waals surface area contributed by atoms with Gasteiger partial charge >= 0.3 is 0 Å². The van der Waals surface area contributed by atoms with Gasteiger partial charge in [0.2, 0.25) is 5.91 Å². The summed E-state index contributed by atoms with van der Waals surface area (Å²) in [6.07, 6.45) is 11.4. The molecule has 1 heterocycles. The van der Waals surface area contributed by atoms with Crippen LogP contribution in [0.2, 0.25) is 0 Å². The normalized spacial score (nSPS) is 24.4. The minimum absolute atomic E-state index is 0.0618. The van der Waals surface area contributed by atoms with Crippen molar-refractivity contribution in [2.45, 2.75) is 70.3 Å². The van der Waals surface area contributed by atoms with E-state index in [4.69, 9.17) is 5.73 Å². The van der Waals surface area contributed by atoms with Gasteiger partial charge in [0.15, 0.2) is 5.78 Å². The fraction of sp³-hybridized carbons (Fsp3) is 0.636. The second-order valence-electron chi connectivity index (χ2n) is 8.37. The fourth-order valence-corrected chi connectivity index (χ4v) is 5.29. The van der Waals surface area contributed by atoms with E-state index in [1.807, 2.05) is 0 Å². The molecule has 1 saturated heterocycles. The molecule has 1 aliphatic heterocycles. The second-order valence-corrected chi connectivity index (χ2v) is 8.37. The molecule has 0 spiro atoms. The number of hydrogen-bond donors (Lipinski definition) is 1. The highest BCUT2D eigenvalue weighted by atomic mass is 16.1. The van der Waals surface area contributed by atoms with Crippen LogP contribution in [0.3, 0.4) is 0 Å². The van der Waals surface area contributed by atoms with Gasteiger partial charge in [-0.25, -0.2) is 0 Å². The minimum atomic E-state index is -0.394. The SMILES string of the molecule is NC(=O)c1cc(C(=O)C2CCCN(C3CCCC3)C2)cc2c1CCCC2. The summed E-state index contributed by atoms with van der Waals surface area (Å²) >= 11 is 0. The molecule has 1 atom stereocenters. The maximum Gasteiger partial charge on any atom is 0.249 e. The summed E-state index contributed by atoms with van der Waals surface area (Å²) in [5.74, 6) is -0.121. The van der Waals surface area contributed by atoms with Crippen molar-refractivity contribution < 1.29 is 9.59 Å². The van der Waals surface area contributed by atoms with Gasteiger partial charge in [-0.2, -0.15) is 0 Å². The van der Waals surface area contributed by atoms with Crippen molar-refractivity contribution in [3.8, 4) is 0 Å². The quantitative estimate of drug-likeness (QED) is 0.842. The van der Waals surface area contributed by atoms with E-state index in [1.54, 1.807) is 6.07 Å². The van der Waals surface area contributed by atoms with E-state index in [1.165, 1.54) is 31.2 Å². The number of nitrogens with two attached hydrogens (primary N) is 1. The van der Waals surface area contributed by atoms with Gasteiger partial charge in [-0.15, -0.1) is 0 Å². The van der Waals surface area contributed by atoms with Crippen LogP contribution in [0.4, 0.5) is 0 Å². The number of amides is 1. The molecule has 1 aromatic carbocycles. The molecule has 1 unspecified atom stereocenters. The standard InChI is InChI=1S/C22H30N2O2/c23-22(26)20-13-17(12-15-6-1-4-10-19(15)20)21(25)16-7-5-11-24(14-16)18-8-2-3-9-18/h12-13,16,18H,1-11,14H2,(H2,23,26). The van der Waals surface area contributed by atoms with E-state index in [-0.39, 0.29) is 11.7 Å². The van der Waals surface area contributed by atoms with E-state index in [0.29, 0.717) is 17.2 Å². The fourth-order valence-electron chi connectivity index (χ4n) is 5.29. The number of primary amides is 1. The molecule has 0 aromatic heterocycles. The van der Waals surface area contributed by atoms with Crippen LogP contribution >= 0.6 is 0 Å². The van der Waals surface area contributed by atoms with E-state index >= 15 is 0 Å². The van der Waals surface area contributed by atoms with Crippen LogP contribution in [0.1, 0.15) is 83.2 Å². The lowest BCUT2D eigenvalue weighted by Gasteiger charge is -2.36. The van der Waals surface area contributed by atoms with Crippen molar-refractivity contribution in [1.29, 1.82) is 0 Å². The zero-order valence-electron chi connectivity index (χ0n) is 15.6. The third-order valence-electron chi connectivity index (χ3n) is 6.68. The van der Waals surface area contributed by atoms with Gasteiger partial charge in [0.1, 0.15) is 0 Å². The molecule has 140 valence electrons. The van der Waals surface area contributed by atoms with Gasteiger partial charge in [-0.1, -0.05) is 12.8 Å². The number of hydrogen-bond acceptors (Lipinski definition) is 3. The number of piperidine rings is 1. The van der Waals surface area contributed by atoms with E-state index in [2.05, 4.69) is 11.0 Å². The number of likely N-dealkylation sites (tertiary alicyclic amines) is 1. The van der Waals surface area contributed by atoms with Crippen molar-refractivity contribution in [1.82, 2.24) is 4.90 Å². The molecule has 2 aliphatic carbocycles. The van der Waals surface area contributed by atoms with Crippen molar-refractivity contribution in [2.24, 2.45) is 11.7 Å². The third kappa shape index (κ3) is 3.44. The van der Waals surface area contributed by atoms with Gasteiger partial charge in [0.05, 0.1) is 0 Å². The average molecular weight is 354 g/mol. The molecule has 2 fully saturated rings.